The first-order chi connectivity index (χ1) is 19.8. The van der Waals surface area contributed by atoms with Crippen LogP contribution in [0.2, 0.25) is 0 Å². The molecule has 0 aromatic carbocycles. The van der Waals surface area contributed by atoms with Crippen molar-refractivity contribution in [3.05, 3.63) is 50.6 Å². The minimum atomic E-state index is -0.819. The summed E-state index contributed by atoms with van der Waals surface area (Å²) in [5.41, 5.74) is 0. The summed E-state index contributed by atoms with van der Waals surface area (Å²) in [5, 5.41) is 35.4. The lowest BCUT2D eigenvalue weighted by atomic mass is 10.1. The summed E-state index contributed by atoms with van der Waals surface area (Å²) >= 11 is 6.61. The summed E-state index contributed by atoms with van der Waals surface area (Å²) < 4.78 is 0. The van der Waals surface area contributed by atoms with Crippen molar-refractivity contribution in [3.63, 3.8) is 0 Å². The molecule has 0 aliphatic rings. The van der Waals surface area contributed by atoms with Crippen LogP contribution >= 0.6 is 31.9 Å². The summed E-state index contributed by atoms with van der Waals surface area (Å²) in [5.74, 6) is -1.64. The van der Waals surface area contributed by atoms with Crippen LogP contribution in [0.1, 0.15) is 122 Å². The predicted octanol–water partition coefficient (Wildman–Crippen LogP) is 10.0. The van der Waals surface area contributed by atoms with E-state index in [9.17, 15) is 9.59 Å². The highest BCUT2D eigenvalue weighted by Gasteiger charge is 1.98. The van der Waals surface area contributed by atoms with Crippen molar-refractivity contribution in [1.29, 1.82) is 0 Å². The Balaban J connectivity index is -0.000000134. The molecule has 6 nitrogen and oxygen atoms in total. The topological polar surface area (TPSA) is 115 Å². The van der Waals surface area contributed by atoms with E-state index in [2.05, 4.69) is 58.2 Å². The van der Waals surface area contributed by atoms with Gasteiger partial charge in [0, 0.05) is 36.7 Å². The quantitative estimate of drug-likeness (QED) is 0.0450. The fourth-order valence-electron chi connectivity index (χ4n) is 2.68. The molecule has 41 heavy (non-hydrogen) atoms. The molecule has 4 N–H and O–H groups in total. The fraction of sp³-hybridized carbons (Fsp3) is 0.697. The number of rotatable bonds is 24. The molecule has 0 aromatic rings. The molecule has 0 spiro atoms. The number of unbranched alkanes of at least 4 members (excludes halogenated alkanes) is 12. The van der Waals surface area contributed by atoms with Crippen molar-refractivity contribution < 1.29 is 30.0 Å². The third kappa shape index (κ3) is 85.4. The monoisotopic (exact) mass is 712 g/mol. The minimum Gasteiger partial charge on any atom is -0.481 e. The molecule has 8 heteroatoms. The standard InChI is InChI=1S/C9H16.C7H12O4.C7H16O2.2C5H9Br/c1-3-5-7-9-8-6-4-2;8-6(9)4-2-1-3-5-7(10)11;8-6-4-2-1-3-5-7-9;2*1-2-3-4-5-6/h3-4H,1-2,5-9H2;1-5H2,(H,8,9)(H,10,11);8-9H,1-7H2;2*2H,1,3-5H2. The van der Waals surface area contributed by atoms with Crippen LogP contribution < -0.4 is 0 Å². The molecule has 0 fully saturated rings. The van der Waals surface area contributed by atoms with Gasteiger partial charge in [0.2, 0.25) is 0 Å². The minimum absolute atomic E-state index is 0.139. The van der Waals surface area contributed by atoms with Crippen LogP contribution in [-0.4, -0.2) is 56.2 Å². The van der Waals surface area contributed by atoms with Gasteiger partial charge >= 0.3 is 11.9 Å². The molecule has 0 unspecified atom stereocenters. The van der Waals surface area contributed by atoms with Crippen LogP contribution in [0.4, 0.5) is 0 Å². The lowest BCUT2D eigenvalue weighted by Crippen LogP contribution is -1.96. The summed E-state index contributed by atoms with van der Waals surface area (Å²) in [6, 6.07) is 0. The number of allylic oxidation sites excluding steroid dienone is 4. The Hall–Kier alpha value is -1.22. The Morgan fingerprint density at radius 1 is 0.463 bits per heavy atom. The zero-order valence-electron chi connectivity index (χ0n) is 25.8. The van der Waals surface area contributed by atoms with Crippen molar-refractivity contribution in [2.24, 2.45) is 0 Å². The molecule has 0 aliphatic heterocycles. The third-order valence-corrected chi connectivity index (χ3v) is 6.12. The van der Waals surface area contributed by atoms with Crippen LogP contribution in [0.3, 0.4) is 0 Å². The maximum absolute atomic E-state index is 9.98. The van der Waals surface area contributed by atoms with Crippen LogP contribution in [0, 0.1) is 0 Å². The van der Waals surface area contributed by atoms with E-state index in [4.69, 9.17) is 20.4 Å². The van der Waals surface area contributed by atoms with Gasteiger partial charge in [-0.2, -0.15) is 0 Å². The van der Waals surface area contributed by atoms with E-state index in [1.54, 1.807) is 0 Å². The molecule has 0 saturated heterocycles. The molecule has 0 rings (SSSR count). The van der Waals surface area contributed by atoms with Crippen LogP contribution in [0.5, 0.6) is 0 Å². The van der Waals surface area contributed by atoms with Crippen molar-refractivity contribution in [3.8, 4) is 0 Å². The van der Waals surface area contributed by atoms with Gasteiger partial charge in [-0.15, -0.1) is 26.3 Å². The number of carboxylic acids is 2. The maximum Gasteiger partial charge on any atom is 0.303 e. The smallest absolute Gasteiger partial charge is 0.303 e. The van der Waals surface area contributed by atoms with Gasteiger partial charge in [-0.3, -0.25) is 9.59 Å². The van der Waals surface area contributed by atoms with E-state index in [1.807, 2.05) is 24.3 Å². The molecular formula is C33H62Br2O6. The van der Waals surface area contributed by atoms with Gasteiger partial charge in [0.15, 0.2) is 0 Å². The average molecular weight is 715 g/mol. The zero-order valence-corrected chi connectivity index (χ0v) is 28.9. The number of carboxylic acid groups (broad SMARTS) is 2. The molecule has 0 aromatic heterocycles. The van der Waals surface area contributed by atoms with Gasteiger partial charge in [-0.05, 0) is 77.0 Å². The Morgan fingerprint density at radius 2 is 0.732 bits per heavy atom. The molecule has 0 radical (unpaired) electrons. The summed E-state index contributed by atoms with van der Waals surface area (Å²) in [6.45, 7) is 15.1. The maximum atomic E-state index is 9.98. The highest BCUT2D eigenvalue weighted by molar-refractivity contribution is 9.09. The summed E-state index contributed by atoms with van der Waals surface area (Å²) in [6.07, 6.45) is 26.0. The van der Waals surface area contributed by atoms with Gasteiger partial charge in [0.25, 0.3) is 0 Å². The molecule has 0 aliphatic carbocycles. The second-order valence-electron chi connectivity index (χ2n) is 9.02. The van der Waals surface area contributed by atoms with Crippen LogP contribution in [0.25, 0.3) is 0 Å². The van der Waals surface area contributed by atoms with E-state index in [1.165, 1.54) is 32.1 Å². The highest BCUT2D eigenvalue weighted by Crippen LogP contribution is 2.03. The fourth-order valence-corrected chi connectivity index (χ4v) is 3.33. The lowest BCUT2D eigenvalue weighted by Gasteiger charge is -1.95. The SMILES string of the molecule is C=CCCCBr.C=CCCCBr.C=CCCCCCC=C.O=C(O)CCCCCC(=O)O.OCCCCCCCO. The number of aliphatic hydroxyl groups excluding tert-OH is 2. The Morgan fingerprint density at radius 3 is 0.976 bits per heavy atom. The summed E-state index contributed by atoms with van der Waals surface area (Å²) in [4.78, 5) is 20.0. The van der Waals surface area contributed by atoms with E-state index < -0.39 is 11.9 Å². The first kappa shape index (κ1) is 49.5. The predicted molar refractivity (Wildman–Crippen MR) is 186 cm³/mol. The lowest BCUT2D eigenvalue weighted by molar-refractivity contribution is -0.137. The van der Waals surface area contributed by atoms with Gasteiger partial charge < -0.3 is 20.4 Å². The molecule has 0 saturated carbocycles. The second-order valence-corrected chi connectivity index (χ2v) is 10.6. The van der Waals surface area contributed by atoms with Gasteiger partial charge in [0.05, 0.1) is 0 Å². The number of hydrogen-bond donors (Lipinski definition) is 4. The molecule has 0 bridgehead atoms. The Bertz CT molecular complexity index is 498. The van der Waals surface area contributed by atoms with Crippen molar-refractivity contribution >= 4 is 43.8 Å². The molecular weight excluding hydrogens is 652 g/mol. The van der Waals surface area contributed by atoms with Crippen LogP contribution in [-0.2, 0) is 9.59 Å². The number of aliphatic carboxylic acids is 2. The van der Waals surface area contributed by atoms with Crippen molar-refractivity contribution in [2.45, 2.75) is 122 Å². The van der Waals surface area contributed by atoms with E-state index >= 15 is 0 Å². The molecule has 0 heterocycles. The number of carbonyl (C=O) groups is 2. The number of aliphatic hydroxyl groups is 2. The normalized spacial score (nSPS) is 9.07. The number of hydrogen-bond acceptors (Lipinski definition) is 4. The first-order valence-electron chi connectivity index (χ1n) is 15.0. The Kier molecular flexibility index (Phi) is 66.1. The molecule has 0 amide bonds. The van der Waals surface area contributed by atoms with Crippen LogP contribution in [0.15, 0.2) is 50.6 Å². The summed E-state index contributed by atoms with van der Waals surface area (Å²) in [7, 11) is 0. The third-order valence-electron chi connectivity index (χ3n) is 5.00. The van der Waals surface area contributed by atoms with E-state index in [0.717, 1.165) is 68.4 Å². The van der Waals surface area contributed by atoms with Crippen molar-refractivity contribution in [2.75, 3.05) is 23.9 Å². The van der Waals surface area contributed by atoms with Gasteiger partial charge in [-0.25, -0.2) is 0 Å². The van der Waals surface area contributed by atoms with Crippen molar-refractivity contribution in [1.82, 2.24) is 0 Å². The number of halogens is 2. The Labute approximate surface area is 269 Å². The van der Waals surface area contributed by atoms with E-state index in [0.29, 0.717) is 32.5 Å². The molecule has 244 valence electrons. The molecule has 0 atom stereocenters. The number of alkyl halides is 2. The van der Waals surface area contributed by atoms with Gasteiger partial charge in [0.1, 0.15) is 0 Å². The van der Waals surface area contributed by atoms with E-state index in [-0.39, 0.29) is 12.8 Å². The van der Waals surface area contributed by atoms with Gasteiger partial charge in [-0.1, -0.05) is 88.3 Å². The zero-order chi connectivity index (χ0) is 32.2. The first-order valence-corrected chi connectivity index (χ1v) is 17.2. The second kappa shape index (κ2) is 54.8. The largest absolute Gasteiger partial charge is 0.481 e. The highest BCUT2D eigenvalue weighted by atomic mass is 79.9. The average Bonchev–Trinajstić information content (AvgIpc) is 2.96.